The molecule has 3 N–H and O–H groups in total. The molecule has 1 aromatic rings. The van der Waals surface area contributed by atoms with Crippen molar-refractivity contribution in [2.24, 2.45) is 5.92 Å². The second-order valence-electron chi connectivity index (χ2n) is 7.84. The summed E-state index contributed by atoms with van der Waals surface area (Å²) in [5.74, 6) is -2.79. The van der Waals surface area contributed by atoms with E-state index >= 15 is 0 Å². The van der Waals surface area contributed by atoms with Gasteiger partial charge >= 0.3 is 6.18 Å². The van der Waals surface area contributed by atoms with E-state index in [2.05, 4.69) is 20.8 Å². The van der Waals surface area contributed by atoms with Crippen LogP contribution in [0, 0.1) is 5.92 Å². The number of carbonyl (C=O) groups excluding carboxylic acids is 3. The second kappa shape index (κ2) is 12.3. The van der Waals surface area contributed by atoms with Crippen LogP contribution >= 0.6 is 0 Å². The van der Waals surface area contributed by atoms with Crippen LogP contribution in [0.25, 0.3) is 0 Å². The van der Waals surface area contributed by atoms with Crippen molar-refractivity contribution in [3.63, 3.8) is 0 Å². The summed E-state index contributed by atoms with van der Waals surface area (Å²) in [6.45, 7) is 2.43. The summed E-state index contributed by atoms with van der Waals surface area (Å²) in [6.07, 6.45) is 1.11. The number of aromatic nitrogens is 2. The number of carbonyl (C=O) groups is 3. The Bertz CT molecular complexity index is 817. The van der Waals surface area contributed by atoms with Crippen molar-refractivity contribution in [1.29, 1.82) is 0 Å². The lowest BCUT2D eigenvalue weighted by atomic mass is 10.0. The van der Waals surface area contributed by atoms with E-state index in [0.29, 0.717) is 43.8 Å². The number of hydroxylamine groups is 2. The molecular formula is C20H29F3N6O4. The first-order valence-corrected chi connectivity index (χ1v) is 10.9. The van der Waals surface area contributed by atoms with Gasteiger partial charge in [-0.2, -0.15) is 13.2 Å². The number of rotatable bonds is 11. The van der Waals surface area contributed by atoms with Crippen LogP contribution < -0.4 is 10.9 Å². The van der Waals surface area contributed by atoms with Crippen molar-refractivity contribution < 1.29 is 32.8 Å². The van der Waals surface area contributed by atoms with Gasteiger partial charge in [-0.25, -0.2) is 15.0 Å². The molecule has 1 aliphatic heterocycles. The molecule has 0 aromatic carbocycles. The Balaban J connectivity index is 2.13. The van der Waals surface area contributed by atoms with E-state index in [4.69, 9.17) is 0 Å². The summed E-state index contributed by atoms with van der Waals surface area (Å²) in [5.41, 5.74) is 2.40. The van der Waals surface area contributed by atoms with Gasteiger partial charge in [0.05, 0.1) is 18.0 Å². The molecule has 1 saturated heterocycles. The van der Waals surface area contributed by atoms with Crippen LogP contribution in [-0.2, 0) is 15.8 Å². The van der Waals surface area contributed by atoms with E-state index in [1.54, 1.807) is 0 Å². The first kappa shape index (κ1) is 26.3. The summed E-state index contributed by atoms with van der Waals surface area (Å²) in [7, 11) is 0. The van der Waals surface area contributed by atoms with Crippen LogP contribution in [0.1, 0.15) is 67.9 Å². The molecule has 1 aliphatic rings. The minimum Gasteiger partial charge on any atom is -0.339 e. The first-order valence-electron chi connectivity index (χ1n) is 10.9. The van der Waals surface area contributed by atoms with Gasteiger partial charge in [0.15, 0.2) is 5.69 Å². The predicted octanol–water partition coefficient (Wildman–Crippen LogP) is 2.61. The van der Waals surface area contributed by atoms with Crippen molar-refractivity contribution >= 4 is 24.2 Å². The van der Waals surface area contributed by atoms with Crippen molar-refractivity contribution in [2.45, 2.75) is 58.0 Å². The number of hydrogen-bond donors (Lipinski definition) is 3. The number of alkyl halides is 3. The van der Waals surface area contributed by atoms with Gasteiger partial charge < -0.3 is 4.90 Å². The van der Waals surface area contributed by atoms with Crippen LogP contribution in [0.3, 0.4) is 0 Å². The Kier molecular flexibility index (Phi) is 9.82. The minimum absolute atomic E-state index is 0.157. The molecule has 0 saturated carbocycles. The molecule has 1 fully saturated rings. The molecule has 13 heteroatoms. The van der Waals surface area contributed by atoms with Crippen LogP contribution in [0.4, 0.5) is 19.1 Å². The summed E-state index contributed by atoms with van der Waals surface area (Å²) < 4.78 is 40.8. The fourth-order valence-electron chi connectivity index (χ4n) is 3.52. The second-order valence-corrected chi connectivity index (χ2v) is 7.84. The minimum atomic E-state index is -4.91. The quantitative estimate of drug-likeness (QED) is 0.195. The monoisotopic (exact) mass is 474 g/mol. The zero-order valence-corrected chi connectivity index (χ0v) is 18.4. The van der Waals surface area contributed by atoms with Crippen molar-refractivity contribution in [3.8, 4) is 0 Å². The molecule has 10 nitrogen and oxygen atoms in total. The Morgan fingerprint density at radius 2 is 1.97 bits per heavy atom. The third-order valence-corrected chi connectivity index (χ3v) is 5.28. The van der Waals surface area contributed by atoms with E-state index in [0.717, 1.165) is 25.5 Å². The molecule has 33 heavy (non-hydrogen) atoms. The van der Waals surface area contributed by atoms with Crippen LogP contribution in [-0.4, -0.2) is 63.0 Å². The maximum atomic E-state index is 13.6. The molecule has 3 amide bonds. The molecule has 0 aliphatic carbocycles. The smallest absolute Gasteiger partial charge is 0.339 e. The van der Waals surface area contributed by atoms with Gasteiger partial charge in [-0.1, -0.05) is 26.2 Å². The zero-order valence-electron chi connectivity index (χ0n) is 18.4. The van der Waals surface area contributed by atoms with E-state index in [-0.39, 0.29) is 13.0 Å². The maximum absolute atomic E-state index is 13.6. The number of nitrogens with zero attached hydrogens (tertiary/aromatic N) is 4. The van der Waals surface area contributed by atoms with Gasteiger partial charge in [-0.05, 0) is 25.7 Å². The summed E-state index contributed by atoms with van der Waals surface area (Å²) in [6, 6.07) is 0. The van der Waals surface area contributed by atoms with E-state index in [9.17, 15) is 32.8 Å². The number of likely N-dealkylation sites (tertiary alicyclic amines) is 1. The molecule has 184 valence electrons. The van der Waals surface area contributed by atoms with Gasteiger partial charge in [-0.3, -0.25) is 30.4 Å². The highest BCUT2D eigenvalue weighted by atomic mass is 19.4. The van der Waals surface area contributed by atoms with Gasteiger partial charge in [0.25, 0.3) is 5.91 Å². The SMILES string of the molecule is CCCCCC(CN(O)C=O)C(=O)NNc1ncc(C(=O)N2CCCCC2)c(C(F)(F)F)n1. The highest BCUT2D eigenvalue weighted by molar-refractivity contribution is 5.95. The third-order valence-electron chi connectivity index (χ3n) is 5.28. The van der Waals surface area contributed by atoms with Gasteiger partial charge in [0.2, 0.25) is 18.3 Å². The molecule has 0 radical (unpaired) electrons. The zero-order chi connectivity index (χ0) is 24.4. The molecule has 2 rings (SSSR count). The number of nitrogens with one attached hydrogen (secondary N) is 2. The molecule has 0 spiro atoms. The molecule has 1 atom stereocenters. The topological polar surface area (TPSA) is 128 Å². The Morgan fingerprint density at radius 1 is 1.27 bits per heavy atom. The lowest BCUT2D eigenvalue weighted by Crippen LogP contribution is -2.41. The molecule has 1 aromatic heterocycles. The molecular weight excluding hydrogens is 445 g/mol. The van der Waals surface area contributed by atoms with Crippen LogP contribution in [0.15, 0.2) is 6.20 Å². The Morgan fingerprint density at radius 3 is 2.58 bits per heavy atom. The summed E-state index contributed by atoms with van der Waals surface area (Å²) in [5, 5.41) is 9.74. The average molecular weight is 474 g/mol. The Labute approximate surface area is 189 Å². The third kappa shape index (κ3) is 7.84. The van der Waals surface area contributed by atoms with Crippen molar-refractivity contribution in [2.75, 3.05) is 25.1 Å². The fraction of sp³-hybridized carbons (Fsp3) is 0.650. The van der Waals surface area contributed by atoms with E-state index in [1.165, 1.54) is 4.90 Å². The van der Waals surface area contributed by atoms with E-state index in [1.807, 2.05) is 6.92 Å². The van der Waals surface area contributed by atoms with Crippen LogP contribution in [0.5, 0.6) is 0 Å². The highest BCUT2D eigenvalue weighted by Gasteiger charge is 2.39. The Hall–Kier alpha value is -2.96. The number of hydrazine groups is 1. The number of halogens is 3. The van der Waals surface area contributed by atoms with Crippen molar-refractivity contribution in [1.82, 2.24) is 25.4 Å². The fourth-order valence-corrected chi connectivity index (χ4v) is 3.52. The standard InChI is InChI=1S/C20H29F3N6O4/c1-2-3-5-8-14(12-29(33)13-30)17(31)26-27-19-24-11-15(16(25-19)20(21,22)23)18(32)28-9-6-4-7-10-28/h11,13-14,33H,2-10,12H2,1H3,(H,26,31)(H,24,25,27). The van der Waals surface area contributed by atoms with Crippen molar-refractivity contribution in [3.05, 3.63) is 17.5 Å². The number of unbranched alkanes of at least 4 members (excludes halogenated alkanes) is 2. The largest absolute Gasteiger partial charge is 0.434 e. The summed E-state index contributed by atoms with van der Waals surface area (Å²) >= 11 is 0. The first-order chi connectivity index (χ1) is 15.7. The maximum Gasteiger partial charge on any atom is 0.434 e. The molecule has 2 heterocycles. The van der Waals surface area contributed by atoms with Gasteiger partial charge in [0, 0.05) is 19.3 Å². The molecule has 1 unspecified atom stereocenters. The predicted molar refractivity (Wildman–Crippen MR) is 111 cm³/mol. The number of amides is 3. The summed E-state index contributed by atoms with van der Waals surface area (Å²) in [4.78, 5) is 44.2. The van der Waals surface area contributed by atoms with Crippen LogP contribution in [0.2, 0.25) is 0 Å². The van der Waals surface area contributed by atoms with Gasteiger partial charge in [0.1, 0.15) is 0 Å². The number of piperidine rings is 1. The van der Waals surface area contributed by atoms with E-state index < -0.39 is 41.1 Å². The highest BCUT2D eigenvalue weighted by Crippen LogP contribution is 2.31. The average Bonchev–Trinajstić information content (AvgIpc) is 2.81. The number of hydrogen-bond acceptors (Lipinski definition) is 7. The normalized spacial score (nSPS) is 15.0. The lowest BCUT2D eigenvalue weighted by molar-refractivity contribution is -0.154. The van der Waals surface area contributed by atoms with Gasteiger partial charge in [-0.15, -0.1) is 0 Å². The lowest BCUT2D eigenvalue weighted by Gasteiger charge is -2.27. The molecule has 0 bridgehead atoms. The number of anilines is 1.